The van der Waals surface area contributed by atoms with E-state index >= 15 is 0 Å². The Bertz CT molecular complexity index is 300. The van der Waals surface area contributed by atoms with Gasteiger partial charge in [-0.2, -0.15) is 0 Å². The van der Waals surface area contributed by atoms with Crippen LogP contribution in [0.3, 0.4) is 0 Å². The Kier molecular flexibility index (Phi) is 4.90. The van der Waals surface area contributed by atoms with Gasteiger partial charge in [-0.15, -0.1) is 0 Å². The Labute approximate surface area is 97.7 Å². The van der Waals surface area contributed by atoms with Gasteiger partial charge >= 0.3 is 0 Å². The van der Waals surface area contributed by atoms with Crippen LogP contribution in [0.1, 0.15) is 32.3 Å². The first-order valence-corrected chi connectivity index (χ1v) is 5.86. The van der Waals surface area contributed by atoms with Crippen molar-refractivity contribution in [3.63, 3.8) is 0 Å². The van der Waals surface area contributed by atoms with Gasteiger partial charge in [-0.05, 0) is 29.5 Å². The predicted octanol–water partition coefficient (Wildman–Crippen LogP) is 1.78. The Balaban J connectivity index is 2.83. The van der Waals surface area contributed by atoms with E-state index in [0.29, 0.717) is 12.5 Å². The molecule has 0 saturated heterocycles. The molecule has 3 heteroatoms. The number of aliphatic hydroxyl groups is 1. The number of aromatic nitrogens is 1. The average molecular weight is 222 g/mol. The molecule has 0 aliphatic heterocycles. The molecule has 16 heavy (non-hydrogen) atoms. The van der Waals surface area contributed by atoms with Gasteiger partial charge in [0.05, 0.1) is 6.10 Å². The van der Waals surface area contributed by atoms with E-state index in [4.69, 9.17) is 5.73 Å². The van der Waals surface area contributed by atoms with Crippen LogP contribution in [0.25, 0.3) is 0 Å². The van der Waals surface area contributed by atoms with Gasteiger partial charge in [-0.1, -0.05) is 20.8 Å². The summed E-state index contributed by atoms with van der Waals surface area (Å²) in [6.07, 6.45) is 3.09. The summed E-state index contributed by atoms with van der Waals surface area (Å²) in [5.41, 5.74) is 6.83. The van der Waals surface area contributed by atoms with E-state index in [9.17, 15) is 5.11 Å². The normalized spacial score (nSPS) is 17.1. The molecule has 0 aromatic carbocycles. The fourth-order valence-electron chi connectivity index (χ4n) is 1.84. The first kappa shape index (κ1) is 13.1. The molecule has 0 bridgehead atoms. The maximum Gasteiger partial charge on any atom is 0.0648 e. The number of hydrogen-bond donors (Lipinski definition) is 2. The van der Waals surface area contributed by atoms with Crippen LogP contribution in [-0.4, -0.2) is 22.7 Å². The second-order valence-corrected chi connectivity index (χ2v) is 4.72. The van der Waals surface area contributed by atoms with Crippen molar-refractivity contribution in [2.24, 2.45) is 17.6 Å². The van der Waals surface area contributed by atoms with E-state index in [-0.39, 0.29) is 11.8 Å². The van der Waals surface area contributed by atoms with Crippen molar-refractivity contribution >= 4 is 0 Å². The minimum absolute atomic E-state index is 0.000370. The molecule has 0 spiro atoms. The number of hydrogen-bond acceptors (Lipinski definition) is 3. The second-order valence-electron chi connectivity index (χ2n) is 4.72. The Morgan fingerprint density at radius 3 is 2.25 bits per heavy atom. The van der Waals surface area contributed by atoms with Crippen LogP contribution in [-0.2, 0) is 0 Å². The third-order valence-electron chi connectivity index (χ3n) is 3.39. The zero-order valence-electron chi connectivity index (χ0n) is 10.3. The maximum atomic E-state index is 10.3. The molecule has 0 saturated carbocycles. The number of nitrogens with zero attached hydrogens (tertiary/aromatic N) is 1. The summed E-state index contributed by atoms with van der Waals surface area (Å²) in [4.78, 5) is 3.98. The lowest BCUT2D eigenvalue weighted by Crippen LogP contribution is -2.33. The zero-order valence-corrected chi connectivity index (χ0v) is 10.3. The highest BCUT2D eigenvalue weighted by atomic mass is 16.3. The molecule has 3 unspecified atom stereocenters. The maximum absolute atomic E-state index is 10.3. The molecule has 1 aromatic rings. The van der Waals surface area contributed by atoms with E-state index in [2.05, 4.69) is 25.8 Å². The zero-order chi connectivity index (χ0) is 12.1. The van der Waals surface area contributed by atoms with Gasteiger partial charge in [0.1, 0.15) is 0 Å². The third-order valence-corrected chi connectivity index (χ3v) is 3.39. The topological polar surface area (TPSA) is 59.1 Å². The first-order valence-electron chi connectivity index (χ1n) is 5.86. The van der Waals surface area contributed by atoms with Gasteiger partial charge in [0.2, 0.25) is 0 Å². The van der Waals surface area contributed by atoms with Gasteiger partial charge in [-0.3, -0.25) is 4.98 Å². The monoisotopic (exact) mass is 222 g/mol. The lowest BCUT2D eigenvalue weighted by molar-refractivity contribution is 0.0684. The van der Waals surface area contributed by atoms with E-state index in [1.165, 1.54) is 0 Å². The Hall–Kier alpha value is -0.930. The van der Waals surface area contributed by atoms with Crippen molar-refractivity contribution in [1.82, 2.24) is 4.98 Å². The molecule has 0 fully saturated rings. The van der Waals surface area contributed by atoms with Crippen LogP contribution in [0.2, 0.25) is 0 Å². The lowest BCUT2D eigenvalue weighted by atomic mass is 9.82. The van der Waals surface area contributed by atoms with E-state index in [0.717, 1.165) is 5.56 Å². The molecule has 0 aliphatic rings. The fraction of sp³-hybridized carbons (Fsp3) is 0.615. The predicted molar refractivity (Wildman–Crippen MR) is 66.0 cm³/mol. The van der Waals surface area contributed by atoms with Crippen LogP contribution in [0.15, 0.2) is 24.5 Å². The molecular formula is C13H22N2O. The molecule has 1 heterocycles. The van der Waals surface area contributed by atoms with Crippen molar-refractivity contribution in [3.8, 4) is 0 Å². The van der Waals surface area contributed by atoms with Gasteiger partial charge in [-0.25, -0.2) is 0 Å². The molecule has 90 valence electrons. The van der Waals surface area contributed by atoms with Crippen LogP contribution in [0, 0.1) is 11.8 Å². The minimum Gasteiger partial charge on any atom is -0.392 e. The van der Waals surface area contributed by atoms with Gasteiger partial charge in [0, 0.05) is 24.9 Å². The fourth-order valence-corrected chi connectivity index (χ4v) is 1.84. The number of aliphatic hydroxyl groups excluding tert-OH is 1. The molecule has 3 N–H and O–H groups in total. The van der Waals surface area contributed by atoms with Crippen molar-refractivity contribution in [3.05, 3.63) is 30.1 Å². The second kappa shape index (κ2) is 5.97. The van der Waals surface area contributed by atoms with Gasteiger partial charge in [0.15, 0.2) is 0 Å². The SMILES string of the molecule is CC(C)C(C)C(O)C(CN)c1ccncc1. The molecule has 3 atom stereocenters. The summed E-state index contributed by atoms with van der Waals surface area (Å²) in [5.74, 6) is 0.688. The Morgan fingerprint density at radius 1 is 1.25 bits per heavy atom. The van der Waals surface area contributed by atoms with Crippen molar-refractivity contribution in [2.75, 3.05) is 6.54 Å². The standard InChI is InChI=1S/C13H22N2O/c1-9(2)10(3)13(16)12(8-14)11-4-6-15-7-5-11/h4-7,9-10,12-13,16H,8,14H2,1-3H3. The van der Waals surface area contributed by atoms with Crippen LogP contribution in [0.4, 0.5) is 0 Å². The number of nitrogens with two attached hydrogens (primary N) is 1. The summed E-state index contributed by atoms with van der Waals surface area (Å²) in [7, 11) is 0. The van der Waals surface area contributed by atoms with Gasteiger partial charge < -0.3 is 10.8 Å². The smallest absolute Gasteiger partial charge is 0.0648 e. The average Bonchev–Trinajstić information content (AvgIpc) is 2.30. The Morgan fingerprint density at radius 2 is 1.81 bits per heavy atom. The molecule has 0 amide bonds. The largest absolute Gasteiger partial charge is 0.392 e. The van der Waals surface area contributed by atoms with E-state index in [1.807, 2.05) is 12.1 Å². The van der Waals surface area contributed by atoms with Crippen LogP contribution in [0.5, 0.6) is 0 Å². The number of pyridine rings is 1. The molecular weight excluding hydrogens is 200 g/mol. The molecule has 0 aliphatic carbocycles. The molecule has 1 rings (SSSR count). The summed E-state index contributed by atoms with van der Waals surface area (Å²) in [6, 6.07) is 3.85. The van der Waals surface area contributed by atoms with Crippen LogP contribution >= 0.6 is 0 Å². The van der Waals surface area contributed by atoms with E-state index < -0.39 is 6.10 Å². The third kappa shape index (κ3) is 3.03. The van der Waals surface area contributed by atoms with E-state index in [1.54, 1.807) is 12.4 Å². The highest BCUT2D eigenvalue weighted by Gasteiger charge is 2.26. The molecule has 0 radical (unpaired) electrons. The van der Waals surface area contributed by atoms with Crippen LogP contribution < -0.4 is 5.73 Å². The molecule has 3 nitrogen and oxygen atoms in total. The summed E-state index contributed by atoms with van der Waals surface area (Å²) in [5, 5.41) is 10.3. The summed E-state index contributed by atoms with van der Waals surface area (Å²) in [6.45, 7) is 6.77. The quantitative estimate of drug-likeness (QED) is 0.798. The highest BCUT2D eigenvalue weighted by Crippen LogP contribution is 2.27. The van der Waals surface area contributed by atoms with Crippen molar-refractivity contribution < 1.29 is 5.11 Å². The lowest BCUT2D eigenvalue weighted by Gasteiger charge is -2.29. The van der Waals surface area contributed by atoms with Gasteiger partial charge in [0.25, 0.3) is 0 Å². The summed E-state index contributed by atoms with van der Waals surface area (Å²) >= 11 is 0. The molecule has 1 aromatic heterocycles. The van der Waals surface area contributed by atoms with Crippen molar-refractivity contribution in [2.45, 2.75) is 32.8 Å². The summed E-state index contributed by atoms with van der Waals surface area (Å²) < 4.78 is 0. The van der Waals surface area contributed by atoms with Crippen molar-refractivity contribution in [1.29, 1.82) is 0 Å². The highest BCUT2D eigenvalue weighted by molar-refractivity contribution is 5.18. The minimum atomic E-state index is -0.396. The number of rotatable bonds is 5. The first-order chi connectivity index (χ1) is 7.57.